The van der Waals surface area contributed by atoms with Crippen LogP contribution in [0.15, 0.2) is 67.0 Å². The van der Waals surface area contributed by atoms with Crippen molar-refractivity contribution in [3.05, 3.63) is 107 Å². The van der Waals surface area contributed by atoms with Gasteiger partial charge in [-0.3, -0.25) is 24.6 Å². The van der Waals surface area contributed by atoms with Crippen LogP contribution in [0.3, 0.4) is 0 Å². The maximum atomic E-state index is 15.4. The number of amides is 3. The van der Waals surface area contributed by atoms with Gasteiger partial charge in [-0.15, -0.1) is 0 Å². The molecular weight excluding hydrogens is 699 g/mol. The van der Waals surface area contributed by atoms with E-state index in [1.165, 1.54) is 23.1 Å². The predicted octanol–water partition coefficient (Wildman–Crippen LogP) is 4.63. The SMILES string of the molecule is O=C1CCC(N2Cc3cc(CN4CCN(c5cccc(-c6cnn7ccc(N8CCC[C@@H]8c8ccc(F)cc8F)nc67)n5)CC4)c(F)cc3C2=O)C(=O)N1. The number of halogens is 3. The molecule has 54 heavy (non-hydrogen) atoms. The molecule has 2 atom stereocenters. The minimum absolute atomic E-state index is 0.158. The van der Waals surface area contributed by atoms with Crippen LogP contribution in [0.5, 0.6) is 0 Å². The monoisotopic (exact) mass is 735 g/mol. The zero-order chi connectivity index (χ0) is 37.1. The van der Waals surface area contributed by atoms with Crippen molar-refractivity contribution < 1.29 is 27.6 Å². The highest BCUT2D eigenvalue weighted by Crippen LogP contribution is 2.37. The van der Waals surface area contributed by atoms with Gasteiger partial charge >= 0.3 is 0 Å². The van der Waals surface area contributed by atoms with E-state index in [2.05, 4.69) is 25.1 Å². The normalized spacial score (nSPS) is 20.6. The van der Waals surface area contributed by atoms with E-state index in [1.54, 1.807) is 16.8 Å². The molecule has 5 aromatic rings. The van der Waals surface area contributed by atoms with Crippen LogP contribution < -0.4 is 15.1 Å². The van der Waals surface area contributed by atoms with Crippen LogP contribution in [0.4, 0.5) is 24.8 Å². The lowest BCUT2D eigenvalue weighted by Crippen LogP contribution is -2.52. The van der Waals surface area contributed by atoms with Gasteiger partial charge in [0.2, 0.25) is 11.8 Å². The summed E-state index contributed by atoms with van der Waals surface area (Å²) < 4.78 is 45.5. The first-order valence-corrected chi connectivity index (χ1v) is 18.2. The number of rotatable bonds is 7. The van der Waals surface area contributed by atoms with Crippen molar-refractivity contribution in [2.45, 2.75) is 50.9 Å². The quantitative estimate of drug-likeness (QED) is 0.239. The fraction of sp³-hybridized carbons (Fsp3) is 0.333. The molecule has 4 aliphatic rings. The van der Waals surface area contributed by atoms with Gasteiger partial charge in [-0.1, -0.05) is 12.1 Å². The number of hydrogen-bond donors (Lipinski definition) is 1. The Balaban J connectivity index is 0.877. The number of benzene rings is 2. The average Bonchev–Trinajstić information content (AvgIpc) is 3.90. The lowest BCUT2D eigenvalue weighted by Gasteiger charge is -2.35. The Morgan fingerprint density at radius 3 is 2.46 bits per heavy atom. The van der Waals surface area contributed by atoms with Gasteiger partial charge in [0.1, 0.15) is 35.1 Å². The van der Waals surface area contributed by atoms with Crippen molar-refractivity contribution in [2.24, 2.45) is 0 Å². The topological polar surface area (TPSA) is 119 Å². The Morgan fingerprint density at radius 1 is 0.796 bits per heavy atom. The van der Waals surface area contributed by atoms with Crippen LogP contribution in [0.25, 0.3) is 16.9 Å². The molecule has 0 aliphatic carbocycles. The van der Waals surface area contributed by atoms with Crippen molar-refractivity contribution >= 4 is 35.0 Å². The molecule has 12 nitrogen and oxygen atoms in total. The summed E-state index contributed by atoms with van der Waals surface area (Å²) in [4.78, 5) is 54.9. The van der Waals surface area contributed by atoms with Gasteiger partial charge in [0.25, 0.3) is 5.91 Å². The third-order valence-corrected chi connectivity index (χ3v) is 11.0. The molecule has 15 heteroatoms. The van der Waals surface area contributed by atoms with Crippen molar-refractivity contribution in [3.63, 3.8) is 0 Å². The number of fused-ring (bicyclic) bond motifs is 2. The van der Waals surface area contributed by atoms with E-state index in [4.69, 9.17) is 9.97 Å². The highest BCUT2D eigenvalue weighted by Gasteiger charge is 2.40. The van der Waals surface area contributed by atoms with Crippen molar-refractivity contribution in [2.75, 3.05) is 42.5 Å². The summed E-state index contributed by atoms with van der Waals surface area (Å²) in [5.41, 5.74) is 3.95. The van der Waals surface area contributed by atoms with E-state index in [0.29, 0.717) is 73.1 Å². The number of pyridine rings is 1. The predicted molar refractivity (Wildman–Crippen MR) is 192 cm³/mol. The van der Waals surface area contributed by atoms with E-state index >= 15 is 4.39 Å². The number of imide groups is 1. The molecule has 1 N–H and O–H groups in total. The van der Waals surface area contributed by atoms with Gasteiger partial charge in [0.15, 0.2) is 5.65 Å². The molecule has 1 unspecified atom stereocenters. The standard InChI is InChI=1S/C39H36F3N9O3/c40-25-6-7-26(30(42)18-25)32-4-2-11-49(32)35-10-12-51-37(45-35)28(20-43-51)31-3-1-5-34(44-31)48-15-13-47(14-16-48)21-24-17-23-22-50(39(54)27(23)19-29(24)41)33-8-9-36(52)46-38(33)53/h1,3,5-7,10,12,17-20,32-33H,2,4,8-9,11,13-16,21-22H2,(H,46,52,53)/t32-,33?/m1/s1. The van der Waals surface area contributed by atoms with E-state index in [1.807, 2.05) is 30.5 Å². The third kappa shape index (κ3) is 6.11. The highest BCUT2D eigenvalue weighted by molar-refractivity contribution is 6.05. The van der Waals surface area contributed by atoms with Crippen LogP contribution >= 0.6 is 0 Å². The highest BCUT2D eigenvalue weighted by atomic mass is 19.1. The molecule has 3 saturated heterocycles. The number of carbonyl (C=O) groups excluding carboxylic acids is 3. The number of piperazine rings is 1. The van der Waals surface area contributed by atoms with E-state index in [9.17, 15) is 23.2 Å². The first-order valence-electron chi connectivity index (χ1n) is 18.2. The van der Waals surface area contributed by atoms with Crippen LogP contribution in [-0.4, -0.2) is 85.9 Å². The second-order valence-electron chi connectivity index (χ2n) is 14.3. The van der Waals surface area contributed by atoms with E-state index < -0.39 is 35.3 Å². The molecule has 0 saturated carbocycles. The van der Waals surface area contributed by atoms with Crippen LogP contribution in [-0.2, 0) is 22.7 Å². The van der Waals surface area contributed by atoms with Gasteiger partial charge in [-0.2, -0.15) is 5.10 Å². The van der Waals surface area contributed by atoms with Crippen LogP contribution in [0, 0.1) is 17.5 Å². The second-order valence-corrected chi connectivity index (χ2v) is 14.3. The van der Waals surface area contributed by atoms with Crippen molar-refractivity contribution in [1.29, 1.82) is 0 Å². The average molecular weight is 736 g/mol. The zero-order valence-electron chi connectivity index (χ0n) is 29.2. The summed E-state index contributed by atoms with van der Waals surface area (Å²) in [6.45, 7) is 3.91. The lowest BCUT2D eigenvalue weighted by molar-refractivity contribution is -0.136. The van der Waals surface area contributed by atoms with Crippen molar-refractivity contribution in [1.82, 2.24) is 34.7 Å². The summed E-state index contributed by atoms with van der Waals surface area (Å²) in [5, 5.41) is 6.81. The van der Waals surface area contributed by atoms with Gasteiger partial charge in [0, 0.05) is 81.2 Å². The largest absolute Gasteiger partial charge is 0.354 e. The van der Waals surface area contributed by atoms with Crippen molar-refractivity contribution in [3.8, 4) is 11.3 Å². The number of anilines is 2. The Labute approximate surface area is 308 Å². The molecular formula is C39H36F3N9O3. The zero-order valence-corrected chi connectivity index (χ0v) is 29.2. The Kier molecular flexibility index (Phi) is 8.52. The first kappa shape index (κ1) is 34.0. The number of aromatic nitrogens is 4. The minimum Gasteiger partial charge on any atom is -0.354 e. The van der Waals surface area contributed by atoms with Gasteiger partial charge in [-0.25, -0.2) is 27.7 Å². The summed E-state index contributed by atoms with van der Waals surface area (Å²) in [6.07, 6.45) is 5.56. The molecule has 3 aromatic heterocycles. The molecule has 0 spiro atoms. The fourth-order valence-electron chi connectivity index (χ4n) is 8.22. The molecule has 0 radical (unpaired) electrons. The maximum absolute atomic E-state index is 15.4. The van der Waals surface area contributed by atoms with Gasteiger partial charge < -0.3 is 14.7 Å². The lowest BCUT2D eigenvalue weighted by atomic mass is 10.0. The van der Waals surface area contributed by atoms with Gasteiger partial charge in [-0.05, 0) is 61.2 Å². The number of nitrogens with zero attached hydrogens (tertiary/aromatic N) is 8. The third-order valence-electron chi connectivity index (χ3n) is 11.0. The molecule has 0 bridgehead atoms. The molecule has 2 aromatic carbocycles. The summed E-state index contributed by atoms with van der Waals surface area (Å²) in [5.74, 6) is -1.39. The van der Waals surface area contributed by atoms with Gasteiger partial charge in [0.05, 0.1) is 23.5 Å². The number of hydrogen-bond acceptors (Lipinski definition) is 9. The number of piperidine rings is 1. The Morgan fingerprint density at radius 2 is 1.65 bits per heavy atom. The summed E-state index contributed by atoms with van der Waals surface area (Å²) in [7, 11) is 0. The Bertz CT molecular complexity index is 2330. The summed E-state index contributed by atoms with van der Waals surface area (Å²) in [6, 6.07) is 13.4. The van der Waals surface area contributed by atoms with E-state index in [-0.39, 0.29) is 36.9 Å². The molecule has 3 amide bonds. The molecule has 9 rings (SSSR count). The molecule has 7 heterocycles. The number of carbonyl (C=O) groups is 3. The second kappa shape index (κ2) is 13.5. The molecule has 3 fully saturated rings. The van der Waals surface area contributed by atoms with Crippen LogP contribution in [0.1, 0.15) is 58.8 Å². The summed E-state index contributed by atoms with van der Waals surface area (Å²) >= 11 is 0. The smallest absolute Gasteiger partial charge is 0.255 e. The van der Waals surface area contributed by atoms with E-state index in [0.717, 1.165) is 30.3 Å². The Hall–Kier alpha value is -5.83. The first-order chi connectivity index (χ1) is 26.2. The number of nitrogens with one attached hydrogen (secondary N) is 1. The fourth-order valence-corrected chi connectivity index (χ4v) is 8.22. The molecule has 4 aliphatic heterocycles. The minimum atomic E-state index is -0.750. The molecule has 276 valence electrons. The van der Waals surface area contributed by atoms with Crippen LogP contribution in [0.2, 0.25) is 0 Å². The maximum Gasteiger partial charge on any atom is 0.255 e.